The van der Waals surface area contributed by atoms with Gasteiger partial charge < -0.3 is 14.2 Å². The Hall–Kier alpha value is -2.04. The number of esters is 2. The average molecular weight is 308 g/mol. The Morgan fingerprint density at radius 1 is 1.05 bits per heavy atom. The van der Waals surface area contributed by atoms with Crippen molar-refractivity contribution < 1.29 is 23.8 Å². The molecule has 0 amide bonds. The van der Waals surface area contributed by atoms with Gasteiger partial charge in [0.15, 0.2) is 11.5 Å². The Morgan fingerprint density at radius 2 is 1.68 bits per heavy atom. The number of unbranched alkanes of at least 4 members (excludes halogenated alkanes) is 1. The predicted molar refractivity (Wildman–Crippen MR) is 83.6 cm³/mol. The smallest absolute Gasteiger partial charge is 0.308 e. The third-order valence-electron chi connectivity index (χ3n) is 3.15. The summed E-state index contributed by atoms with van der Waals surface area (Å²) in [6.07, 6.45) is 2.85. The van der Waals surface area contributed by atoms with Crippen LogP contribution in [0.2, 0.25) is 0 Å². The minimum atomic E-state index is -0.444. The van der Waals surface area contributed by atoms with Crippen molar-refractivity contribution in [1.29, 1.82) is 0 Å². The number of hydrogen-bond acceptors (Lipinski definition) is 5. The molecule has 122 valence electrons. The van der Waals surface area contributed by atoms with E-state index in [2.05, 4.69) is 6.92 Å². The van der Waals surface area contributed by atoms with Crippen molar-refractivity contribution >= 4 is 11.9 Å². The summed E-state index contributed by atoms with van der Waals surface area (Å²) in [5, 5.41) is 0. The fourth-order valence-corrected chi connectivity index (χ4v) is 2.17. The molecule has 1 rings (SSSR count). The van der Waals surface area contributed by atoms with Gasteiger partial charge in [0.25, 0.3) is 0 Å². The lowest BCUT2D eigenvalue weighted by Gasteiger charge is -2.18. The van der Waals surface area contributed by atoms with E-state index in [0.29, 0.717) is 23.9 Å². The number of rotatable bonds is 7. The lowest BCUT2D eigenvalue weighted by molar-refractivity contribution is -0.132. The monoisotopic (exact) mass is 308 g/mol. The predicted octanol–water partition coefficient (Wildman–Crippen LogP) is 3.59. The first-order valence-corrected chi connectivity index (χ1v) is 7.56. The fraction of sp³-hybridized carbons (Fsp3) is 0.529. The number of carbonyl (C=O) groups excluding carboxylic acids is 2. The van der Waals surface area contributed by atoms with Gasteiger partial charge in [-0.3, -0.25) is 9.59 Å². The van der Waals surface area contributed by atoms with Crippen LogP contribution in [0.15, 0.2) is 6.07 Å². The lowest BCUT2D eigenvalue weighted by Crippen LogP contribution is -2.10. The minimum Gasteiger partial charge on any atom is -0.487 e. The van der Waals surface area contributed by atoms with Gasteiger partial charge in [0.1, 0.15) is 0 Å². The zero-order valence-corrected chi connectivity index (χ0v) is 13.9. The Morgan fingerprint density at radius 3 is 2.18 bits per heavy atom. The van der Waals surface area contributed by atoms with Gasteiger partial charge in [-0.25, -0.2) is 0 Å². The first-order valence-electron chi connectivity index (χ1n) is 7.56. The van der Waals surface area contributed by atoms with E-state index in [1.54, 1.807) is 6.07 Å². The summed E-state index contributed by atoms with van der Waals surface area (Å²) in [6, 6.07) is 1.80. The van der Waals surface area contributed by atoms with Crippen molar-refractivity contribution in [2.24, 2.45) is 0 Å². The second-order valence-corrected chi connectivity index (χ2v) is 5.04. The number of hydrogen-bond donors (Lipinski definition) is 0. The summed E-state index contributed by atoms with van der Waals surface area (Å²) in [5.74, 6) is 0.0395. The molecule has 0 unspecified atom stereocenters. The number of carbonyl (C=O) groups is 2. The number of benzene rings is 1. The number of aryl methyl sites for hydroxylation is 1. The van der Waals surface area contributed by atoms with Gasteiger partial charge in [-0.2, -0.15) is 0 Å². The summed E-state index contributed by atoms with van der Waals surface area (Å²) < 4.78 is 16.1. The van der Waals surface area contributed by atoms with Gasteiger partial charge in [0, 0.05) is 13.8 Å². The van der Waals surface area contributed by atoms with Crippen molar-refractivity contribution in [3.8, 4) is 17.2 Å². The molecular formula is C17H24O5. The first kappa shape index (κ1) is 18.0. The second kappa shape index (κ2) is 8.41. The summed E-state index contributed by atoms with van der Waals surface area (Å²) in [5.41, 5.74) is 1.82. The van der Waals surface area contributed by atoms with Crippen molar-refractivity contribution in [2.75, 3.05) is 6.61 Å². The molecule has 0 aromatic heterocycles. The Labute approximate surface area is 131 Å². The maximum atomic E-state index is 11.4. The van der Waals surface area contributed by atoms with Gasteiger partial charge in [-0.15, -0.1) is 0 Å². The third kappa shape index (κ3) is 4.76. The fourth-order valence-electron chi connectivity index (χ4n) is 2.17. The molecule has 0 radical (unpaired) electrons. The summed E-state index contributed by atoms with van der Waals surface area (Å²) in [6.45, 7) is 8.82. The third-order valence-corrected chi connectivity index (χ3v) is 3.15. The molecule has 0 atom stereocenters. The Kier molecular flexibility index (Phi) is 6.89. The molecule has 0 saturated heterocycles. The largest absolute Gasteiger partial charge is 0.487 e. The highest BCUT2D eigenvalue weighted by Gasteiger charge is 2.21. The molecule has 0 saturated carbocycles. The molecular weight excluding hydrogens is 284 g/mol. The summed E-state index contributed by atoms with van der Waals surface area (Å²) in [7, 11) is 0. The van der Waals surface area contributed by atoms with E-state index >= 15 is 0 Å². The van der Waals surface area contributed by atoms with E-state index in [9.17, 15) is 9.59 Å². The SMILES string of the molecule is CCCCc1cc(OC(C)=O)c(OCC)c(OC(C)=O)c1C. The lowest BCUT2D eigenvalue weighted by atomic mass is 10.0. The molecule has 0 heterocycles. The van der Waals surface area contributed by atoms with Crippen LogP contribution in [0.4, 0.5) is 0 Å². The van der Waals surface area contributed by atoms with Crippen LogP contribution in [-0.4, -0.2) is 18.5 Å². The standard InChI is InChI=1S/C17H24O5/c1-6-8-9-14-10-15(21-12(4)18)17(20-7-2)16(11(14)3)22-13(5)19/h10H,6-9H2,1-5H3. The first-order chi connectivity index (χ1) is 10.4. The van der Waals surface area contributed by atoms with E-state index in [4.69, 9.17) is 14.2 Å². The molecule has 0 N–H and O–H groups in total. The molecule has 1 aromatic carbocycles. The van der Waals surface area contributed by atoms with Crippen molar-refractivity contribution in [3.63, 3.8) is 0 Å². The van der Waals surface area contributed by atoms with E-state index in [-0.39, 0.29) is 0 Å². The summed E-state index contributed by atoms with van der Waals surface area (Å²) >= 11 is 0. The van der Waals surface area contributed by atoms with E-state index < -0.39 is 11.9 Å². The zero-order chi connectivity index (χ0) is 16.7. The molecule has 0 spiro atoms. The molecule has 1 aromatic rings. The maximum Gasteiger partial charge on any atom is 0.308 e. The summed E-state index contributed by atoms with van der Waals surface area (Å²) in [4.78, 5) is 22.7. The quantitative estimate of drug-likeness (QED) is 0.569. The van der Waals surface area contributed by atoms with E-state index in [0.717, 1.165) is 30.4 Å². The van der Waals surface area contributed by atoms with Gasteiger partial charge in [-0.1, -0.05) is 13.3 Å². The van der Waals surface area contributed by atoms with Crippen LogP contribution in [0.25, 0.3) is 0 Å². The number of ether oxygens (including phenoxy) is 3. The Bertz CT molecular complexity index is 548. The van der Waals surface area contributed by atoms with Crippen LogP contribution in [0.5, 0.6) is 17.2 Å². The highest BCUT2D eigenvalue weighted by Crippen LogP contribution is 2.42. The van der Waals surface area contributed by atoms with Crippen molar-refractivity contribution in [2.45, 2.75) is 53.9 Å². The van der Waals surface area contributed by atoms with E-state index in [1.807, 2.05) is 13.8 Å². The van der Waals surface area contributed by atoms with Gasteiger partial charge in [-0.05, 0) is 43.9 Å². The van der Waals surface area contributed by atoms with E-state index in [1.165, 1.54) is 13.8 Å². The molecule has 22 heavy (non-hydrogen) atoms. The topological polar surface area (TPSA) is 61.8 Å². The normalized spacial score (nSPS) is 10.2. The van der Waals surface area contributed by atoms with Crippen LogP contribution in [0, 0.1) is 6.92 Å². The van der Waals surface area contributed by atoms with Crippen LogP contribution in [0.1, 0.15) is 51.7 Å². The molecule has 0 fully saturated rings. The molecule has 0 bridgehead atoms. The molecule has 5 heteroatoms. The van der Waals surface area contributed by atoms with Crippen LogP contribution in [0.3, 0.4) is 0 Å². The highest BCUT2D eigenvalue weighted by atomic mass is 16.6. The van der Waals surface area contributed by atoms with Gasteiger partial charge in [0.2, 0.25) is 5.75 Å². The minimum absolute atomic E-state index is 0.294. The highest BCUT2D eigenvalue weighted by molar-refractivity contribution is 5.75. The van der Waals surface area contributed by atoms with Crippen molar-refractivity contribution in [1.82, 2.24) is 0 Å². The van der Waals surface area contributed by atoms with Gasteiger partial charge in [0.05, 0.1) is 6.61 Å². The molecule has 0 aliphatic heterocycles. The zero-order valence-electron chi connectivity index (χ0n) is 13.9. The van der Waals surface area contributed by atoms with Crippen LogP contribution in [-0.2, 0) is 16.0 Å². The average Bonchev–Trinajstić information content (AvgIpc) is 2.43. The van der Waals surface area contributed by atoms with Crippen LogP contribution < -0.4 is 14.2 Å². The second-order valence-electron chi connectivity index (χ2n) is 5.04. The van der Waals surface area contributed by atoms with Crippen molar-refractivity contribution in [3.05, 3.63) is 17.2 Å². The molecule has 0 aliphatic carbocycles. The molecule has 5 nitrogen and oxygen atoms in total. The van der Waals surface area contributed by atoms with Crippen LogP contribution >= 0.6 is 0 Å². The maximum absolute atomic E-state index is 11.4. The molecule has 0 aliphatic rings. The van der Waals surface area contributed by atoms with Gasteiger partial charge >= 0.3 is 11.9 Å². The Balaban J connectivity index is 3.43.